The summed E-state index contributed by atoms with van der Waals surface area (Å²) < 4.78 is 42.4. The largest absolute Gasteiger partial charge is 0.416 e. The lowest BCUT2D eigenvalue weighted by Gasteiger charge is -2.20. The number of halogens is 3. The van der Waals surface area contributed by atoms with Crippen molar-refractivity contribution in [3.8, 4) is 0 Å². The number of nitrogens with zero attached hydrogens (tertiary/aromatic N) is 1. The Morgan fingerprint density at radius 1 is 0.971 bits per heavy atom. The van der Waals surface area contributed by atoms with Crippen molar-refractivity contribution in [3.05, 3.63) is 107 Å². The summed E-state index contributed by atoms with van der Waals surface area (Å²) in [5, 5.41) is 3.98. The summed E-state index contributed by atoms with van der Waals surface area (Å²) in [4.78, 5) is 13.1. The molecule has 0 aliphatic rings. The molecule has 0 fully saturated rings. The average Bonchev–Trinajstić information content (AvgIpc) is 3.18. The second-order valence-corrected chi connectivity index (χ2v) is 9.09. The van der Waals surface area contributed by atoms with Gasteiger partial charge in [-0.1, -0.05) is 66.7 Å². The highest BCUT2D eigenvalue weighted by atomic mass is 19.4. The average molecular weight is 479 g/mol. The van der Waals surface area contributed by atoms with Crippen LogP contribution >= 0.6 is 0 Å². The Bertz CT molecular complexity index is 1290. The van der Waals surface area contributed by atoms with Crippen molar-refractivity contribution in [3.63, 3.8) is 0 Å². The number of nitrogens with one attached hydrogen (secondary N) is 1. The third-order valence-corrected chi connectivity index (χ3v) is 6.43. The third-order valence-electron chi connectivity index (χ3n) is 6.43. The smallest absolute Gasteiger partial charge is 0.354 e. The number of alkyl halides is 3. The molecule has 35 heavy (non-hydrogen) atoms. The van der Waals surface area contributed by atoms with Crippen LogP contribution in [0.1, 0.15) is 47.9 Å². The van der Waals surface area contributed by atoms with Gasteiger partial charge in [0.05, 0.1) is 5.56 Å². The molecule has 1 heterocycles. The number of rotatable bonds is 8. The SMILES string of the molecule is C[C@@H](CCc1ccccc1)NC(=O)C[C@@H](c1cccc(C(F)(F)F)c1)c1cn(C)c2ccccc12. The van der Waals surface area contributed by atoms with E-state index in [2.05, 4.69) is 17.4 Å². The summed E-state index contributed by atoms with van der Waals surface area (Å²) in [5.41, 5.74) is 2.77. The zero-order chi connectivity index (χ0) is 25.0. The molecule has 0 radical (unpaired) electrons. The van der Waals surface area contributed by atoms with E-state index in [1.165, 1.54) is 17.7 Å². The van der Waals surface area contributed by atoms with Gasteiger partial charge in [-0.25, -0.2) is 0 Å². The van der Waals surface area contributed by atoms with E-state index < -0.39 is 17.7 Å². The van der Waals surface area contributed by atoms with Gasteiger partial charge >= 0.3 is 6.18 Å². The van der Waals surface area contributed by atoms with Crippen molar-refractivity contribution in [1.29, 1.82) is 0 Å². The maximum absolute atomic E-state index is 13.5. The van der Waals surface area contributed by atoms with Crippen molar-refractivity contribution in [2.24, 2.45) is 7.05 Å². The van der Waals surface area contributed by atoms with Crippen LogP contribution < -0.4 is 5.32 Å². The number of aromatic nitrogens is 1. The van der Waals surface area contributed by atoms with Crippen LogP contribution in [0.15, 0.2) is 85.1 Å². The number of hydrogen-bond acceptors (Lipinski definition) is 1. The van der Waals surface area contributed by atoms with Crippen LogP contribution in [0.25, 0.3) is 10.9 Å². The highest BCUT2D eigenvalue weighted by molar-refractivity contribution is 5.86. The molecule has 2 atom stereocenters. The van der Waals surface area contributed by atoms with E-state index >= 15 is 0 Å². The van der Waals surface area contributed by atoms with Crippen molar-refractivity contribution >= 4 is 16.8 Å². The fourth-order valence-corrected chi connectivity index (χ4v) is 4.61. The Kier molecular flexibility index (Phi) is 7.29. The molecule has 4 aromatic rings. The van der Waals surface area contributed by atoms with Crippen molar-refractivity contribution < 1.29 is 18.0 Å². The van der Waals surface area contributed by atoms with E-state index in [0.29, 0.717) is 5.56 Å². The van der Waals surface area contributed by atoms with Crippen LogP contribution in [0.4, 0.5) is 13.2 Å². The number of aryl methyl sites for hydroxylation is 2. The van der Waals surface area contributed by atoms with E-state index in [0.717, 1.165) is 35.4 Å². The highest BCUT2D eigenvalue weighted by Crippen LogP contribution is 2.37. The number of carbonyl (C=O) groups excluding carboxylic acids is 1. The minimum Gasteiger partial charge on any atom is -0.354 e. The van der Waals surface area contributed by atoms with E-state index in [4.69, 9.17) is 0 Å². The monoisotopic (exact) mass is 478 g/mol. The Morgan fingerprint density at radius 2 is 1.69 bits per heavy atom. The fraction of sp³-hybridized carbons (Fsp3) is 0.276. The Morgan fingerprint density at radius 3 is 2.43 bits per heavy atom. The molecule has 6 heteroatoms. The van der Waals surface area contributed by atoms with Crippen molar-refractivity contribution in [1.82, 2.24) is 9.88 Å². The van der Waals surface area contributed by atoms with Gasteiger partial charge in [0.1, 0.15) is 0 Å². The van der Waals surface area contributed by atoms with Gasteiger partial charge in [0.25, 0.3) is 0 Å². The van der Waals surface area contributed by atoms with Gasteiger partial charge in [-0.15, -0.1) is 0 Å². The summed E-state index contributed by atoms with van der Waals surface area (Å²) in [6.07, 6.45) is -0.860. The van der Waals surface area contributed by atoms with Gasteiger partial charge in [0.2, 0.25) is 5.91 Å². The molecule has 0 saturated carbocycles. The molecule has 0 bridgehead atoms. The van der Waals surface area contributed by atoms with Crippen LogP contribution in [0.3, 0.4) is 0 Å². The van der Waals surface area contributed by atoms with Crippen molar-refractivity contribution in [2.75, 3.05) is 0 Å². The molecule has 3 aromatic carbocycles. The Hall–Kier alpha value is -3.54. The van der Waals surface area contributed by atoms with Gasteiger partial charge in [-0.2, -0.15) is 13.2 Å². The second-order valence-electron chi connectivity index (χ2n) is 9.09. The fourth-order valence-electron chi connectivity index (χ4n) is 4.61. The number of hydrogen-bond donors (Lipinski definition) is 1. The lowest BCUT2D eigenvalue weighted by atomic mass is 9.87. The van der Waals surface area contributed by atoms with Gasteiger partial charge in [-0.05, 0) is 48.6 Å². The van der Waals surface area contributed by atoms with Gasteiger partial charge in [0, 0.05) is 42.5 Å². The number of para-hydroxylation sites is 1. The second kappa shape index (κ2) is 10.4. The molecular formula is C29H29F3N2O. The zero-order valence-electron chi connectivity index (χ0n) is 19.8. The summed E-state index contributed by atoms with van der Waals surface area (Å²) in [6, 6.07) is 23.1. The lowest BCUT2D eigenvalue weighted by molar-refractivity contribution is -0.137. The summed E-state index contributed by atoms with van der Waals surface area (Å²) >= 11 is 0. The van der Waals surface area contributed by atoms with Gasteiger partial charge in [0.15, 0.2) is 0 Å². The molecule has 1 aromatic heterocycles. The molecule has 0 aliphatic carbocycles. The predicted octanol–water partition coefficient (Wildman–Crippen LogP) is 6.86. The molecule has 0 unspecified atom stereocenters. The van der Waals surface area contributed by atoms with Gasteiger partial charge in [-0.3, -0.25) is 4.79 Å². The number of carbonyl (C=O) groups is 1. The van der Waals surface area contributed by atoms with E-state index in [1.54, 1.807) is 6.07 Å². The minimum atomic E-state index is -4.45. The first-order valence-electron chi connectivity index (χ1n) is 11.8. The molecule has 1 amide bonds. The number of benzene rings is 3. The summed E-state index contributed by atoms with van der Waals surface area (Å²) in [5.74, 6) is -0.689. The van der Waals surface area contributed by atoms with Crippen LogP contribution in [-0.2, 0) is 24.4 Å². The highest BCUT2D eigenvalue weighted by Gasteiger charge is 2.32. The van der Waals surface area contributed by atoms with E-state index in [1.807, 2.05) is 67.2 Å². The normalized spacial score (nSPS) is 13.5. The quantitative estimate of drug-likeness (QED) is 0.295. The molecule has 4 rings (SSSR count). The maximum Gasteiger partial charge on any atom is 0.416 e. The van der Waals surface area contributed by atoms with Crippen LogP contribution in [0.2, 0.25) is 0 Å². The molecule has 3 nitrogen and oxygen atoms in total. The van der Waals surface area contributed by atoms with Crippen LogP contribution in [-0.4, -0.2) is 16.5 Å². The molecule has 0 aliphatic heterocycles. The molecule has 0 spiro atoms. The van der Waals surface area contributed by atoms with Gasteiger partial charge < -0.3 is 9.88 Å². The van der Waals surface area contributed by atoms with E-state index in [-0.39, 0.29) is 18.4 Å². The topological polar surface area (TPSA) is 34.0 Å². The molecule has 0 saturated heterocycles. The van der Waals surface area contributed by atoms with Crippen molar-refractivity contribution in [2.45, 2.75) is 44.3 Å². The molecule has 182 valence electrons. The molecular weight excluding hydrogens is 449 g/mol. The van der Waals surface area contributed by atoms with E-state index in [9.17, 15) is 18.0 Å². The maximum atomic E-state index is 13.5. The Balaban J connectivity index is 1.59. The predicted molar refractivity (Wildman–Crippen MR) is 133 cm³/mol. The molecule has 1 N–H and O–H groups in total. The van der Waals surface area contributed by atoms with Crippen LogP contribution in [0.5, 0.6) is 0 Å². The first kappa shape index (κ1) is 24.6. The summed E-state index contributed by atoms with van der Waals surface area (Å²) in [7, 11) is 1.90. The number of fused-ring (bicyclic) bond motifs is 1. The first-order chi connectivity index (χ1) is 16.7. The zero-order valence-corrected chi connectivity index (χ0v) is 19.8. The third kappa shape index (κ3) is 5.94. The van der Waals surface area contributed by atoms with Crippen LogP contribution in [0, 0.1) is 0 Å². The lowest BCUT2D eigenvalue weighted by Crippen LogP contribution is -2.34. The minimum absolute atomic E-state index is 0.0580. The summed E-state index contributed by atoms with van der Waals surface area (Å²) in [6.45, 7) is 1.96. The Labute approximate surface area is 203 Å². The number of amides is 1. The first-order valence-corrected chi connectivity index (χ1v) is 11.8. The standard InChI is InChI=1S/C29H29F3N2O/c1-20(15-16-21-9-4-3-5-10-21)33-28(35)18-25(22-11-8-12-23(17-22)29(30,31)32)26-19-34(2)27-14-7-6-13-24(26)27/h3-14,17,19-20,25H,15-16,18H2,1-2H3,(H,33,35)/t20-,25-/m0/s1.